The molecule has 22 heavy (non-hydrogen) atoms. The number of rotatable bonds is 5. The van der Waals surface area contributed by atoms with Crippen LogP contribution in [0.4, 0.5) is 4.79 Å². The first-order chi connectivity index (χ1) is 10.3. The number of amides is 1. The highest BCUT2D eigenvalue weighted by Gasteiger charge is 2.17. The Bertz CT molecular complexity index is 411. The molecule has 1 rings (SSSR count). The highest BCUT2D eigenvalue weighted by atomic mass is 16.6. The largest absolute Gasteiger partial charge is 0.444 e. The second kappa shape index (κ2) is 8.81. The highest BCUT2D eigenvalue weighted by molar-refractivity contribution is 5.80. The first-order valence-corrected chi connectivity index (χ1v) is 8.23. The van der Waals surface area contributed by atoms with Crippen LogP contribution in [-0.4, -0.2) is 29.6 Å². The van der Waals surface area contributed by atoms with E-state index in [0.29, 0.717) is 6.04 Å². The molecule has 1 amide bonds. The number of nitrogens with one attached hydrogen (secondary N) is 1. The molecule has 1 aliphatic heterocycles. The van der Waals surface area contributed by atoms with Gasteiger partial charge in [0, 0.05) is 12.5 Å². The molecular formula is C17H31N3O2. The Morgan fingerprint density at radius 1 is 1.45 bits per heavy atom. The van der Waals surface area contributed by atoms with Gasteiger partial charge in [-0.05, 0) is 53.4 Å². The minimum absolute atomic E-state index is 0.0498. The van der Waals surface area contributed by atoms with E-state index >= 15 is 0 Å². The van der Waals surface area contributed by atoms with Crippen LogP contribution in [0.25, 0.3) is 0 Å². The molecule has 0 radical (unpaired) electrons. The van der Waals surface area contributed by atoms with Gasteiger partial charge in [-0.15, -0.1) is 0 Å². The van der Waals surface area contributed by atoms with Crippen molar-refractivity contribution < 1.29 is 9.53 Å². The summed E-state index contributed by atoms with van der Waals surface area (Å²) in [6.07, 6.45) is 9.94. The van der Waals surface area contributed by atoms with E-state index in [1.807, 2.05) is 27.7 Å². The van der Waals surface area contributed by atoms with Gasteiger partial charge in [0.15, 0.2) is 0 Å². The molecule has 2 unspecified atom stereocenters. The maximum Gasteiger partial charge on any atom is 0.407 e. The van der Waals surface area contributed by atoms with E-state index in [1.54, 1.807) is 0 Å². The Balaban J connectivity index is 2.27. The first-order valence-electron chi connectivity index (χ1n) is 8.23. The van der Waals surface area contributed by atoms with Gasteiger partial charge >= 0.3 is 6.09 Å². The van der Waals surface area contributed by atoms with Crippen LogP contribution < -0.4 is 11.1 Å². The number of ether oxygens (including phenoxy) is 1. The maximum atomic E-state index is 11.6. The van der Waals surface area contributed by atoms with Crippen molar-refractivity contribution in [2.24, 2.45) is 10.7 Å². The number of alkyl carbamates (subject to hydrolysis) is 1. The van der Waals surface area contributed by atoms with Crippen molar-refractivity contribution in [2.75, 3.05) is 0 Å². The number of nitrogens with zero attached hydrogens (tertiary/aromatic N) is 1. The molecule has 0 fully saturated rings. The fourth-order valence-electron chi connectivity index (χ4n) is 2.34. The van der Waals surface area contributed by atoms with Gasteiger partial charge in [0.25, 0.3) is 0 Å². The average Bonchev–Trinajstić information content (AvgIpc) is 2.56. The molecule has 126 valence electrons. The molecule has 0 aromatic rings. The topological polar surface area (TPSA) is 76.7 Å². The lowest BCUT2D eigenvalue weighted by Gasteiger charge is -2.21. The van der Waals surface area contributed by atoms with Gasteiger partial charge in [0.1, 0.15) is 5.60 Å². The van der Waals surface area contributed by atoms with E-state index in [-0.39, 0.29) is 12.1 Å². The molecule has 1 heterocycles. The molecule has 0 saturated carbocycles. The van der Waals surface area contributed by atoms with E-state index in [0.717, 1.165) is 37.9 Å². The van der Waals surface area contributed by atoms with Crippen LogP contribution in [0.15, 0.2) is 17.1 Å². The van der Waals surface area contributed by atoms with Crippen molar-refractivity contribution in [3.63, 3.8) is 0 Å². The predicted molar refractivity (Wildman–Crippen MR) is 91.1 cm³/mol. The third-order valence-corrected chi connectivity index (χ3v) is 3.40. The molecule has 5 nitrogen and oxygen atoms in total. The fourth-order valence-corrected chi connectivity index (χ4v) is 2.34. The van der Waals surface area contributed by atoms with Gasteiger partial charge in [-0.2, -0.15) is 0 Å². The Hall–Kier alpha value is -1.52. The van der Waals surface area contributed by atoms with E-state index < -0.39 is 5.60 Å². The predicted octanol–water partition coefficient (Wildman–Crippen LogP) is 3.54. The normalized spacial score (nSPS) is 21.1. The number of hydrogen-bond donors (Lipinski definition) is 2. The third kappa shape index (κ3) is 8.70. The quantitative estimate of drug-likeness (QED) is 0.763. The summed E-state index contributed by atoms with van der Waals surface area (Å²) in [5.41, 5.74) is 5.39. The minimum Gasteiger partial charge on any atom is -0.444 e. The number of carbonyl (C=O) groups is 1. The summed E-state index contributed by atoms with van der Waals surface area (Å²) in [7, 11) is 0. The lowest BCUT2D eigenvalue weighted by Crippen LogP contribution is -2.37. The molecule has 1 aliphatic rings. The van der Waals surface area contributed by atoms with Crippen LogP contribution in [0.5, 0.6) is 0 Å². The Labute approximate surface area is 134 Å². The van der Waals surface area contributed by atoms with Crippen LogP contribution in [0, 0.1) is 0 Å². The number of carbonyl (C=O) groups excluding carboxylic acids is 1. The summed E-state index contributed by atoms with van der Waals surface area (Å²) in [6, 6.07) is 0.363. The molecule has 0 bridgehead atoms. The molecule has 0 aromatic heterocycles. The highest BCUT2D eigenvalue weighted by Crippen LogP contribution is 2.15. The summed E-state index contributed by atoms with van der Waals surface area (Å²) in [5, 5.41) is 2.83. The second-order valence-electron chi connectivity index (χ2n) is 7.01. The van der Waals surface area contributed by atoms with E-state index in [4.69, 9.17) is 10.5 Å². The molecule has 3 N–H and O–H groups in total. The summed E-state index contributed by atoms with van der Waals surface area (Å²) >= 11 is 0. The van der Waals surface area contributed by atoms with Crippen molar-refractivity contribution >= 4 is 11.9 Å². The summed E-state index contributed by atoms with van der Waals surface area (Å²) < 4.78 is 5.23. The molecule has 0 aromatic carbocycles. The molecule has 5 heteroatoms. The minimum atomic E-state index is -0.461. The van der Waals surface area contributed by atoms with Gasteiger partial charge in [-0.3, -0.25) is 4.99 Å². The first kappa shape index (κ1) is 18.5. The van der Waals surface area contributed by atoms with Gasteiger partial charge in [0.2, 0.25) is 0 Å². The number of hydrogen-bond acceptors (Lipinski definition) is 4. The SMILES string of the molecule is CC(C/C=C/CC1CCCCC(N)=N1)NC(=O)OC(C)(C)C. The molecule has 0 saturated heterocycles. The zero-order valence-corrected chi connectivity index (χ0v) is 14.4. The zero-order valence-electron chi connectivity index (χ0n) is 14.4. The summed E-state index contributed by atoms with van der Waals surface area (Å²) in [4.78, 5) is 16.2. The molecule has 0 spiro atoms. The van der Waals surface area contributed by atoms with Crippen molar-refractivity contribution in [2.45, 2.75) is 83.9 Å². The number of amidine groups is 1. The average molecular weight is 309 g/mol. The van der Waals surface area contributed by atoms with E-state index in [2.05, 4.69) is 22.5 Å². The van der Waals surface area contributed by atoms with Gasteiger partial charge in [-0.25, -0.2) is 4.79 Å². The van der Waals surface area contributed by atoms with E-state index in [1.165, 1.54) is 6.42 Å². The maximum absolute atomic E-state index is 11.6. The second-order valence-corrected chi connectivity index (χ2v) is 7.01. The third-order valence-electron chi connectivity index (χ3n) is 3.40. The van der Waals surface area contributed by atoms with Crippen LogP contribution >= 0.6 is 0 Å². The summed E-state index contributed by atoms with van der Waals surface area (Å²) in [6.45, 7) is 7.54. The number of nitrogens with two attached hydrogens (primary N) is 1. The Morgan fingerprint density at radius 2 is 2.18 bits per heavy atom. The molecular weight excluding hydrogens is 278 g/mol. The van der Waals surface area contributed by atoms with Gasteiger partial charge in [0.05, 0.1) is 11.9 Å². The van der Waals surface area contributed by atoms with Crippen LogP contribution in [0.3, 0.4) is 0 Å². The fraction of sp³-hybridized carbons (Fsp3) is 0.765. The van der Waals surface area contributed by atoms with Crippen molar-refractivity contribution in [3.8, 4) is 0 Å². The monoisotopic (exact) mass is 309 g/mol. The van der Waals surface area contributed by atoms with Crippen LogP contribution in [0.1, 0.15) is 66.2 Å². The van der Waals surface area contributed by atoms with Crippen LogP contribution in [-0.2, 0) is 4.74 Å². The zero-order chi connectivity index (χ0) is 16.6. The smallest absolute Gasteiger partial charge is 0.407 e. The summed E-state index contributed by atoms with van der Waals surface area (Å²) in [5.74, 6) is 0.788. The van der Waals surface area contributed by atoms with Gasteiger partial charge < -0.3 is 15.8 Å². The van der Waals surface area contributed by atoms with E-state index in [9.17, 15) is 4.79 Å². The van der Waals surface area contributed by atoms with Crippen molar-refractivity contribution in [3.05, 3.63) is 12.2 Å². The van der Waals surface area contributed by atoms with Crippen molar-refractivity contribution in [1.29, 1.82) is 0 Å². The number of aliphatic imine (C=N–C) groups is 1. The van der Waals surface area contributed by atoms with Gasteiger partial charge in [-0.1, -0.05) is 18.6 Å². The molecule has 2 atom stereocenters. The standard InChI is InChI=1S/C17H31N3O2/c1-13(19-16(21)22-17(2,3)4)9-5-6-10-14-11-7-8-12-15(18)20-14/h5-6,13-14H,7-12H2,1-4H3,(H2,18,20)(H,19,21)/b6-5+. The molecule has 0 aliphatic carbocycles. The van der Waals surface area contributed by atoms with Crippen LogP contribution in [0.2, 0.25) is 0 Å². The Kier molecular flexibility index (Phi) is 7.42. The van der Waals surface area contributed by atoms with Crippen molar-refractivity contribution in [1.82, 2.24) is 5.32 Å². The lowest BCUT2D eigenvalue weighted by molar-refractivity contribution is 0.0509. The Morgan fingerprint density at radius 3 is 2.86 bits per heavy atom. The lowest BCUT2D eigenvalue weighted by atomic mass is 10.1.